The van der Waals surface area contributed by atoms with E-state index in [0.717, 1.165) is 5.56 Å². The van der Waals surface area contributed by atoms with Crippen LogP contribution in [0, 0.1) is 5.82 Å². The van der Waals surface area contributed by atoms with E-state index in [1.807, 2.05) is 33.8 Å². The molecular formula is C18H27BFNO4S. The van der Waals surface area contributed by atoms with E-state index in [1.54, 1.807) is 0 Å². The van der Waals surface area contributed by atoms with E-state index in [4.69, 9.17) is 9.31 Å². The Labute approximate surface area is 155 Å². The molecule has 2 saturated heterocycles. The minimum Gasteiger partial charge on any atom is -0.399 e. The highest BCUT2D eigenvalue weighted by Gasteiger charge is 2.51. The molecule has 144 valence electrons. The molecule has 3 rings (SSSR count). The summed E-state index contributed by atoms with van der Waals surface area (Å²) in [5.41, 5.74) is 0.488. The Kier molecular flexibility index (Phi) is 5.25. The van der Waals surface area contributed by atoms with Gasteiger partial charge in [-0.15, -0.1) is 0 Å². The second kappa shape index (κ2) is 6.89. The number of rotatable bonds is 3. The fourth-order valence-corrected chi connectivity index (χ4v) is 4.60. The van der Waals surface area contributed by atoms with Gasteiger partial charge in [0.2, 0.25) is 0 Å². The average Bonchev–Trinajstić information content (AvgIpc) is 2.62. The molecule has 1 aromatic rings. The van der Waals surface area contributed by atoms with Crippen molar-refractivity contribution in [3.8, 4) is 0 Å². The minimum absolute atomic E-state index is 0.159. The number of halogens is 1. The smallest absolute Gasteiger partial charge is 0.399 e. The van der Waals surface area contributed by atoms with Gasteiger partial charge in [-0.1, -0.05) is 6.07 Å². The highest BCUT2D eigenvalue weighted by atomic mass is 32.2. The molecule has 0 unspecified atom stereocenters. The van der Waals surface area contributed by atoms with Crippen molar-refractivity contribution in [3.63, 3.8) is 0 Å². The Morgan fingerprint density at radius 2 is 1.73 bits per heavy atom. The average molecular weight is 383 g/mol. The number of benzene rings is 1. The van der Waals surface area contributed by atoms with Crippen molar-refractivity contribution in [2.45, 2.75) is 51.9 Å². The first-order valence-corrected chi connectivity index (χ1v) is 10.9. The third kappa shape index (κ3) is 4.30. The predicted molar refractivity (Wildman–Crippen MR) is 101 cm³/mol. The third-order valence-electron chi connectivity index (χ3n) is 5.56. The maximum Gasteiger partial charge on any atom is 0.494 e. The van der Waals surface area contributed by atoms with E-state index in [2.05, 4.69) is 4.90 Å². The van der Waals surface area contributed by atoms with Crippen molar-refractivity contribution in [1.29, 1.82) is 0 Å². The maximum atomic E-state index is 14.2. The Balaban J connectivity index is 1.76. The van der Waals surface area contributed by atoms with E-state index in [0.29, 0.717) is 31.5 Å². The monoisotopic (exact) mass is 383 g/mol. The van der Waals surface area contributed by atoms with Crippen LogP contribution in [-0.2, 0) is 25.7 Å². The van der Waals surface area contributed by atoms with Gasteiger partial charge in [-0.05, 0) is 63.8 Å². The molecule has 0 radical (unpaired) electrons. The molecule has 26 heavy (non-hydrogen) atoms. The zero-order valence-corrected chi connectivity index (χ0v) is 16.7. The predicted octanol–water partition coefficient (Wildman–Crippen LogP) is 1.75. The Bertz CT molecular complexity index is 765. The molecule has 0 aliphatic carbocycles. The Morgan fingerprint density at radius 3 is 2.38 bits per heavy atom. The first-order chi connectivity index (χ1) is 12.0. The van der Waals surface area contributed by atoms with Crippen molar-refractivity contribution in [1.82, 2.24) is 4.90 Å². The first-order valence-electron chi connectivity index (χ1n) is 9.05. The number of nitrogens with zero attached hydrogens (tertiary/aromatic N) is 1. The molecule has 0 spiro atoms. The molecule has 0 amide bonds. The molecule has 2 aliphatic heterocycles. The molecular weight excluding hydrogens is 356 g/mol. The van der Waals surface area contributed by atoms with E-state index >= 15 is 0 Å². The summed E-state index contributed by atoms with van der Waals surface area (Å²) in [6.45, 7) is 9.54. The molecule has 8 heteroatoms. The molecule has 2 heterocycles. The van der Waals surface area contributed by atoms with Crippen molar-refractivity contribution in [3.05, 3.63) is 29.6 Å². The van der Waals surface area contributed by atoms with Gasteiger partial charge >= 0.3 is 7.12 Å². The Hall–Kier alpha value is -0.955. The van der Waals surface area contributed by atoms with E-state index in [-0.39, 0.29) is 17.3 Å². The van der Waals surface area contributed by atoms with Gasteiger partial charge in [0.25, 0.3) is 0 Å². The third-order valence-corrected chi connectivity index (χ3v) is 7.27. The Morgan fingerprint density at radius 1 is 1.08 bits per heavy atom. The SMILES string of the molecule is CC1(C)OB(c2cc(F)cc(CN3CCCS(=O)(=O)CC3)c2)OC1(C)C. The molecule has 0 bridgehead atoms. The largest absolute Gasteiger partial charge is 0.494 e. The molecule has 0 N–H and O–H groups in total. The van der Waals surface area contributed by atoms with Gasteiger partial charge in [-0.2, -0.15) is 0 Å². The summed E-state index contributed by atoms with van der Waals surface area (Å²) in [5, 5.41) is 0. The fraction of sp³-hybridized carbons (Fsp3) is 0.667. The van der Waals surface area contributed by atoms with E-state index in [1.165, 1.54) is 12.1 Å². The number of hydrogen-bond donors (Lipinski definition) is 0. The zero-order chi connectivity index (χ0) is 19.2. The van der Waals surface area contributed by atoms with Crippen LogP contribution in [0.15, 0.2) is 18.2 Å². The van der Waals surface area contributed by atoms with Crippen LogP contribution >= 0.6 is 0 Å². The maximum absolute atomic E-state index is 14.2. The molecule has 5 nitrogen and oxygen atoms in total. The zero-order valence-electron chi connectivity index (χ0n) is 15.9. The van der Waals surface area contributed by atoms with Gasteiger partial charge in [0.1, 0.15) is 5.82 Å². The standard InChI is InChI=1S/C18H27BFNO4S/c1-17(2)18(3,4)25-19(24-17)15-10-14(11-16(20)12-15)13-21-6-5-8-26(22,23)9-7-21/h10-12H,5-9,13H2,1-4H3. The van der Waals surface area contributed by atoms with Gasteiger partial charge in [-0.25, -0.2) is 12.8 Å². The summed E-state index contributed by atoms with van der Waals surface area (Å²) in [4.78, 5) is 2.06. The summed E-state index contributed by atoms with van der Waals surface area (Å²) in [5.74, 6) is 0.0488. The summed E-state index contributed by atoms with van der Waals surface area (Å²) in [6.07, 6.45) is 0.613. The molecule has 0 saturated carbocycles. The van der Waals surface area contributed by atoms with Crippen LogP contribution in [0.5, 0.6) is 0 Å². The van der Waals surface area contributed by atoms with Gasteiger partial charge in [0.05, 0.1) is 22.7 Å². The van der Waals surface area contributed by atoms with E-state index in [9.17, 15) is 12.8 Å². The first kappa shape index (κ1) is 19.8. The van der Waals surface area contributed by atoms with Crippen LogP contribution < -0.4 is 5.46 Å². The quantitative estimate of drug-likeness (QED) is 0.745. The lowest BCUT2D eigenvalue weighted by Crippen LogP contribution is -2.41. The fourth-order valence-electron chi connectivity index (χ4n) is 3.29. The van der Waals surface area contributed by atoms with Crippen LogP contribution in [0.25, 0.3) is 0 Å². The second-order valence-corrected chi connectivity index (χ2v) is 10.6. The lowest BCUT2D eigenvalue weighted by Gasteiger charge is -2.32. The van der Waals surface area contributed by atoms with Crippen molar-refractivity contribution in [2.75, 3.05) is 24.6 Å². The van der Waals surface area contributed by atoms with Gasteiger partial charge in [0.15, 0.2) is 9.84 Å². The summed E-state index contributed by atoms with van der Waals surface area (Å²) in [6, 6.07) is 4.83. The lowest BCUT2D eigenvalue weighted by atomic mass is 9.78. The van der Waals surface area contributed by atoms with Crippen molar-refractivity contribution in [2.24, 2.45) is 0 Å². The molecule has 1 aromatic carbocycles. The van der Waals surface area contributed by atoms with Gasteiger partial charge in [0, 0.05) is 13.1 Å². The van der Waals surface area contributed by atoms with Crippen molar-refractivity contribution >= 4 is 22.4 Å². The van der Waals surface area contributed by atoms with Crippen LogP contribution in [0.2, 0.25) is 0 Å². The number of hydrogen-bond acceptors (Lipinski definition) is 5. The highest BCUT2D eigenvalue weighted by Crippen LogP contribution is 2.36. The lowest BCUT2D eigenvalue weighted by molar-refractivity contribution is 0.00578. The van der Waals surface area contributed by atoms with Gasteiger partial charge in [-0.3, -0.25) is 4.90 Å². The van der Waals surface area contributed by atoms with Crippen LogP contribution in [-0.4, -0.2) is 56.2 Å². The summed E-state index contributed by atoms with van der Waals surface area (Å²) in [7, 11) is -3.57. The van der Waals surface area contributed by atoms with Crippen LogP contribution in [0.1, 0.15) is 39.7 Å². The van der Waals surface area contributed by atoms with Crippen molar-refractivity contribution < 1.29 is 22.1 Å². The van der Waals surface area contributed by atoms with Crippen LogP contribution in [0.4, 0.5) is 4.39 Å². The van der Waals surface area contributed by atoms with Crippen LogP contribution in [0.3, 0.4) is 0 Å². The summed E-state index contributed by atoms with van der Waals surface area (Å²) < 4.78 is 49.7. The van der Waals surface area contributed by atoms with Gasteiger partial charge < -0.3 is 9.31 Å². The molecule has 0 atom stereocenters. The van der Waals surface area contributed by atoms with E-state index < -0.39 is 28.2 Å². The second-order valence-electron chi connectivity index (χ2n) is 8.26. The topological polar surface area (TPSA) is 55.8 Å². The minimum atomic E-state index is -2.96. The highest BCUT2D eigenvalue weighted by molar-refractivity contribution is 7.91. The molecule has 2 aliphatic rings. The molecule has 0 aromatic heterocycles. The number of sulfone groups is 1. The molecule has 2 fully saturated rings. The summed E-state index contributed by atoms with van der Waals surface area (Å²) >= 11 is 0. The normalized spacial score (nSPS) is 25.2.